The van der Waals surface area contributed by atoms with E-state index in [1.165, 1.54) is 6.42 Å². The zero-order valence-corrected chi connectivity index (χ0v) is 12.9. The first-order valence-electron chi connectivity index (χ1n) is 6.02. The Labute approximate surface area is 107 Å². The second kappa shape index (κ2) is 3.93. The third-order valence-electron chi connectivity index (χ3n) is 5.67. The molecule has 98 valence electrons. The van der Waals surface area contributed by atoms with E-state index in [9.17, 15) is 0 Å². The zero-order chi connectivity index (χ0) is 12.3. The molecule has 0 aliphatic carbocycles. The molecular formula is C15H33S+. The Kier molecular flexibility index (Phi) is 4.02. The van der Waals surface area contributed by atoms with Crippen LogP contribution in [0.3, 0.4) is 0 Å². The van der Waals surface area contributed by atoms with Crippen LogP contribution >= 0.6 is 0 Å². The van der Waals surface area contributed by atoms with Crippen LogP contribution in [0.15, 0.2) is 0 Å². The minimum absolute atomic E-state index is 0. The van der Waals surface area contributed by atoms with Crippen LogP contribution < -0.4 is 0 Å². The molecule has 0 aromatic carbocycles. The summed E-state index contributed by atoms with van der Waals surface area (Å²) in [6, 6.07) is 0. The van der Waals surface area contributed by atoms with Crippen molar-refractivity contribution in [3.63, 3.8) is 0 Å². The highest BCUT2D eigenvalue weighted by molar-refractivity contribution is 7.98. The molecule has 0 nitrogen and oxygen atoms in total. The summed E-state index contributed by atoms with van der Waals surface area (Å²) in [5.74, 6) is 0. The predicted octanol–water partition coefficient (Wildman–Crippen LogP) is 4.88. The lowest BCUT2D eigenvalue weighted by Crippen LogP contribution is -2.64. The van der Waals surface area contributed by atoms with Gasteiger partial charge in [-0.05, 0) is 45.0 Å². The molecule has 16 heavy (non-hydrogen) atoms. The van der Waals surface area contributed by atoms with E-state index in [4.69, 9.17) is 0 Å². The van der Waals surface area contributed by atoms with Gasteiger partial charge in [-0.1, -0.05) is 35.1 Å². The van der Waals surface area contributed by atoms with E-state index in [0.717, 1.165) is 0 Å². The van der Waals surface area contributed by atoms with Crippen molar-refractivity contribution in [3.05, 3.63) is 0 Å². The van der Waals surface area contributed by atoms with E-state index in [-0.39, 0.29) is 7.43 Å². The van der Waals surface area contributed by atoms with Gasteiger partial charge >= 0.3 is 0 Å². The molecule has 1 fully saturated rings. The molecule has 1 heteroatoms. The standard InChI is InChI=1S/C14H29S.CH4/c1-11(2)10-12(3,4)14(7,8)15(9)13(11,5)6;/h10H2,1-9H3;1H4/q+1;. The van der Waals surface area contributed by atoms with E-state index in [0.29, 0.717) is 31.2 Å². The minimum atomic E-state index is 0. The van der Waals surface area contributed by atoms with Crippen molar-refractivity contribution in [3.8, 4) is 0 Å². The van der Waals surface area contributed by atoms with E-state index < -0.39 is 0 Å². The quantitative estimate of drug-likeness (QED) is 0.533. The van der Waals surface area contributed by atoms with Crippen LogP contribution in [-0.2, 0) is 10.9 Å². The summed E-state index contributed by atoms with van der Waals surface area (Å²) < 4.78 is 0.901. The fourth-order valence-corrected chi connectivity index (χ4v) is 6.08. The van der Waals surface area contributed by atoms with Gasteiger partial charge in [0, 0.05) is 10.8 Å². The average molecular weight is 245 g/mol. The highest BCUT2D eigenvalue weighted by Gasteiger charge is 2.65. The topological polar surface area (TPSA) is 0 Å². The van der Waals surface area contributed by atoms with Gasteiger partial charge in [-0.2, -0.15) is 0 Å². The largest absolute Gasteiger partial charge is 0.127 e. The molecular weight excluding hydrogens is 212 g/mol. The van der Waals surface area contributed by atoms with Crippen molar-refractivity contribution >= 4 is 10.9 Å². The molecule has 1 rings (SSSR count). The normalized spacial score (nSPS) is 30.6. The molecule has 1 saturated heterocycles. The number of hydrogen-bond acceptors (Lipinski definition) is 0. The van der Waals surface area contributed by atoms with Crippen LogP contribution in [0.1, 0.15) is 69.2 Å². The molecule has 0 spiro atoms. The number of hydrogen-bond donors (Lipinski definition) is 0. The Balaban J connectivity index is 0.00000225. The third-order valence-corrected chi connectivity index (χ3v) is 9.84. The van der Waals surface area contributed by atoms with E-state index in [1.54, 1.807) is 0 Å². The van der Waals surface area contributed by atoms with Crippen LogP contribution in [0.4, 0.5) is 0 Å². The first-order valence-corrected chi connectivity index (χ1v) is 7.66. The van der Waals surface area contributed by atoms with Crippen molar-refractivity contribution in [2.75, 3.05) is 6.26 Å². The van der Waals surface area contributed by atoms with Crippen LogP contribution in [0, 0.1) is 10.8 Å². The SMILES string of the molecule is C.C[S+]1C(C)(C)C(C)(C)CC(C)(C)C1(C)C. The molecule has 0 aromatic rings. The van der Waals surface area contributed by atoms with E-state index >= 15 is 0 Å². The first-order chi connectivity index (χ1) is 6.36. The highest BCUT2D eigenvalue weighted by atomic mass is 32.2. The molecule has 1 aliphatic heterocycles. The Hall–Kier alpha value is 0.350. The van der Waals surface area contributed by atoms with Crippen molar-refractivity contribution in [2.45, 2.75) is 78.7 Å². The van der Waals surface area contributed by atoms with Crippen LogP contribution in [-0.4, -0.2) is 15.7 Å². The Morgan fingerprint density at radius 1 is 0.688 bits per heavy atom. The second-order valence-electron chi connectivity index (χ2n) is 7.48. The molecule has 0 saturated carbocycles. The monoisotopic (exact) mass is 245 g/mol. The fraction of sp³-hybridized carbons (Fsp3) is 1.00. The molecule has 1 heterocycles. The highest BCUT2D eigenvalue weighted by Crippen LogP contribution is 2.59. The van der Waals surface area contributed by atoms with Gasteiger partial charge in [0.25, 0.3) is 0 Å². The summed E-state index contributed by atoms with van der Waals surface area (Å²) in [5.41, 5.74) is 0.897. The van der Waals surface area contributed by atoms with Gasteiger partial charge in [-0.3, -0.25) is 0 Å². The van der Waals surface area contributed by atoms with Crippen LogP contribution in [0.2, 0.25) is 0 Å². The van der Waals surface area contributed by atoms with Gasteiger partial charge in [0.2, 0.25) is 0 Å². The Morgan fingerprint density at radius 2 is 0.938 bits per heavy atom. The molecule has 1 aliphatic rings. The maximum absolute atomic E-state index is 2.47. The lowest BCUT2D eigenvalue weighted by molar-refractivity contribution is 0.104. The minimum Gasteiger partial charge on any atom is -0.0776 e. The second-order valence-corrected chi connectivity index (χ2v) is 10.5. The summed E-state index contributed by atoms with van der Waals surface area (Å²) in [6.45, 7) is 19.7. The lowest BCUT2D eigenvalue weighted by atomic mass is 9.64. The van der Waals surface area contributed by atoms with Gasteiger partial charge in [0.1, 0.15) is 9.49 Å². The Morgan fingerprint density at radius 3 is 1.19 bits per heavy atom. The molecule has 0 amide bonds. The summed E-state index contributed by atoms with van der Waals surface area (Å²) in [5, 5.41) is 0. The van der Waals surface area contributed by atoms with E-state index in [2.05, 4.69) is 61.6 Å². The molecule has 0 bridgehead atoms. The lowest BCUT2D eigenvalue weighted by Gasteiger charge is -2.57. The molecule has 0 aromatic heterocycles. The van der Waals surface area contributed by atoms with Crippen LogP contribution in [0.5, 0.6) is 0 Å². The fourth-order valence-electron chi connectivity index (χ4n) is 3.00. The van der Waals surface area contributed by atoms with Crippen molar-refractivity contribution in [1.82, 2.24) is 0 Å². The molecule has 0 N–H and O–H groups in total. The van der Waals surface area contributed by atoms with Crippen molar-refractivity contribution < 1.29 is 0 Å². The third kappa shape index (κ3) is 1.94. The first kappa shape index (κ1) is 16.4. The van der Waals surface area contributed by atoms with Gasteiger partial charge in [0.15, 0.2) is 0 Å². The summed E-state index contributed by atoms with van der Waals surface area (Å²) >= 11 is 0. The van der Waals surface area contributed by atoms with Crippen molar-refractivity contribution in [2.24, 2.45) is 10.8 Å². The van der Waals surface area contributed by atoms with Gasteiger partial charge in [-0.25, -0.2) is 0 Å². The van der Waals surface area contributed by atoms with Gasteiger partial charge in [-0.15, -0.1) is 0 Å². The number of rotatable bonds is 0. The maximum Gasteiger partial charge on any atom is 0.127 e. The average Bonchev–Trinajstić information content (AvgIpc) is 1.98. The summed E-state index contributed by atoms with van der Waals surface area (Å²) in [4.78, 5) is 0. The van der Waals surface area contributed by atoms with Crippen LogP contribution in [0.25, 0.3) is 0 Å². The molecule has 0 atom stereocenters. The Bertz CT molecular complexity index is 233. The summed E-state index contributed by atoms with van der Waals surface area (Å²) in [6.07, 6.45) is 3.81. The van der Waals surface area contributed by atoms with Gasteiger partial charge < -0.3 is 0 Å². The molecule has 0 radical (unpaired) electrons. The molecule has 0 unspecified atom stereocenters. The predicted molar refractivity (Wildman–Crippen MR) is 80.4 cm³/mol. The summed E-state index contributed by atoms with van der Waals surface area (Å²) in [7, 11) is 0.450. The zero-order valence-electron chi connectivity index (χ0n) is 12.1. The smallest absolute Gasteiger partial charge is 0.0776 e. The maximum atomic E-state index is 2.47. The van der Waals surface area contributed by atoms with Gasteiger partial charge in [0.05, 0.1) is 6.26 Å². The van der Waals surface area contributed by atoms with E-state index in [1.807, 2.05) is 0 Å². The van der Waals surface area contributed by atoms with Crippen molar-refractivity contribution in [1.29, 1.82) is 0 Å².